The molecule has 0 aliphatic carbocycles. The molecule has 2 rings (SSSR count). The Balaban J connectivity index is 2.67. The van der Waals surface area contributed by atoms with Gasteiger partial charge in [-0.25, -0.2) is 0 Å². The van der Waals surface area contributed by atoms with Crippen LogP contribution in [0.25, 0.3) is 0 Å². The molecule has 1 aliphatic heterocycles. The third kappa shape index (κ3) is 1.08. The molecule has 4 nitrogen and oxygen atoms in total. The number of anilines is 1. The highest BCUT2D eigenvalue weighted by molar-refractivity contribution is 6.17. The number of nitrogens with zero attached hydrogens (tertiary/aromatic N) is 1. The number of nitrogens with one attached hydrogen (secondary N) is 1. The van der Waals surface area contributed by atoms with Crippen LogP contribution >= 0.6 is 0 Å². The molecule has 0 unspecified atom stereocenters. The fourth-order valence-electron chi connectivity index (χ4n) is 1.68. The molecule has 0 saturated carbocycles. The maximum atomic E-state index is 11.7. The lowest BCUT2D eigenvalue weighted by Crippen LogP contribution is -2.38. The van der Waals surface area contributed by atoms with Gasteiger partial charge in [-0.3, -0.25) is 4.79 Å². The molecule has 3 N–H and O–H groups in total. The van der Waals surface area contributed by atoms with Gasteiger partial charge in [0.05, 0.1) is 17.8 Å². The molecule has 0 spiro atoms. The zero-order chi connectivity index (χ0) is 10.3. The summed E-state index contributed by atoms with van der Waals surface area (Å²) < 4.78 is 0. The number of fused-ring (bicyclic) bond motifs is 1. The van der Waals surface area contributed by atoms with Gasteiger partial charge in [-0.15, -0.1) is 0 Å². The molecular formula is C10H11N3O. The summed E-state index contributed by atoms with van der Waals surface area (Å²) >= 11 is 0. The average Bonchev–Trinajstić information content (AvgIpc) is 2.14. The summed E-state index contributed by atoms with van der Waals surface area (Å²) in [5, 5.41) is 7.76. The van der Waals surface area contributed by atoms with E-state index in [1.807, 2.05) is 0 Å². The maximum absolute atomic E-state index is 11.7. The Kier molecular flexibility index (Phi) is 1.77. The first-order valence-electron chi connectivity index (χ1n) is 4.33. The minimum atomic E-state index is -0.0664. The third-order valence-corrected chi connectivity index (χ3v) is 2.37. The van der Waals surface area contributed by atoms with Crippen molar-refractivity contribution in [2.75, 3.05) is 19.3 Å². The van der Waals surface area contributed by atoms with Crippen molar-refractivity contribution >= 4 is 17.3 Å². The van der Waals surface area contributed by atoms with Gasteiger partial charge in [0, 0.05) is 18.3 Å². The predicted octanol–water partition coefficient (Wildman–Crippen LogP) is 0.722. The Morgan fingerprint density at radius 3 is 2.93 bits per heavy atom. The lowest BCUT2D eigenvalue weighted by molar-refractivity contribution is 0.0808. The van der Waals surface area contributed by atoms with Gasteiger partial charge in [0.25, 0.3) is 5.91 Å². The molecule has 0 saturated heterocycles. The summed E-state index contributed by atoms with van der Waals surface area (Å²) in [6.07, 6.45) is 0. The van der Waals surface area contributed by atoms with Crippen molar-refractivity contribution in [1.29, 1.82) is 5.41 Å². The monoisotopic (exact) mass is 189 g/mol. The molecule has 0 aromatic heterocycles. The topological polar surface area (TPSA) is 70.2 Å². The van der Waals surface area contributed by atoms with Crippen LogP contribution in [0.2, 0.25) is 0 Å². The fraction of sp³-hybridized carbons (Fsp3) is 0.200. The van der Waals surface area contributed by atoms with Gasteiger partial charge < -0.3 is 16.0 Å². The summed E-state index contributed by atoms with van der Waals surface area (Å²) in [7, 11) is 1.68. The zero-order valence-corrected chi connectivity index (χ0v) is 7.87. The second-order valence-electron chi connectivity index (χ2n) is 3.41. The second-order valence-corrected chi connectivity index (χ2v) is 3.41. The summed E-state index contributed by atoms with van der Waals surface area (Å²) in [5.74, 6) is -0.0664. The molecule has 0 radical (unpaired) electrons. The first-order chi connectivity index (χ1) is 6.61. The minimum absolute atomic E-state index is 0.0664. The van der Waals surface area contributed by atoms with Crippen LogP contribution in [-0.2, 0) is 0 Å². The number of nitrogens with two attached hydrogens (primary N) is 1. The number of likely N-dealkylation sites (N-methyl/N-ethyl adjacent to an activating group) is 1. The van der Waals surface area contributed by atoms with Gasteiger partial charge in [0.1, 0.15) is 0 Å². The molecular weight excluding hydrogens is 178 g/mol. The summed E-state index contributed by atoms with van der Waals surface area (Å²) in [4.78, 5) is 13.2. The quantitative estimate of drug-likeness (QED) is 0.590. The number of amides is 1. The molecule has 0 bridgehead atoms. The van der Waals surface area contributed by atoms with Crippen molar-refractivity contribution in [1.82, 2.24) is 4.90 Å². The van der Waals surface area contributed by atoms with Crippen LogP contribution in [0.5, 0.6) is 0 Å². The summed E-state index contributed by atoms with van der Waals surface area (Å²) in [6, 6.07) is 5.16. The van der Waals surface area contributed by atoms with Crippen LogP contribution < -0.4 is 5.73 Å². The predicted molar refractivity (Wildman–Crippen MR) is 54.6 cm³/mol. The van der Waals surface area contributed by atoms with Crippen molar-refractivity contribution in [3.8, 4) is 0 Å². The fourth-order valence-corrected chi connectivity index (χ4v) is 1.68. The first-order valence-corrected chi connectivity index (χ1v) is 4.33. The van der Waals surface area contributed by atoms with Gasteiger partial charge in [0.15, 0.2) is 0 Å². The van der Waals surface area contributed by atoms with Crippen molar-refractivity contribution in [2.24, 2.45) is 0 Å². The van der Waals surface area contributed by atoms with Crippen molar-refractivity contribution in [2.45, 2.75) is 0 Å². The van der Waals surface area contributed by atoms with Gasteiger partial charge in [-0.2, -0.15) is 0 Å². The van der Waals surface area contributed by atoms with Crippen molar-refractivity contribution in [3.05, 3.63) is 29.3 Å². The Bertz CT molecular complexity index is 425. The van der Waals surface area contributed by atoms with Gasteiger partial charge in [0.2, 0.25) is 0 Å². The summed E-state index contributed by atoms with van der Waals surface area (Å²) in [5.41, 5.74) is 7.76. The average molecular weight is 189 g/mol. The van der Waals surface area contributed by atoms with E-state index < -0.39 is 0 Å². The molecule has 1 amide bonds. The SMILES string of the molecule is CN1CC(=N)c2c(N)cccc2C1=O. The molecule has 1 aliphatic rings. The van der Waals surface area contributed by atoms with Crippen LogP contribution in [0.3, 0.4) is 0 Å². The third-order valence-electron chi connectivity index (χ3n) is 2.37. The highest BCUT2D eigenvalue weighted by Gasteiger charge is 2.26. The van der Waals surface area contributed by atoms with E-state index in [1.54, 1.807) is 25.2 Å². The van der Waals surface area contributed by atoms with E-state index in [2.05, 4.69) is 0 Å². The number of nitrogen functional groups attached to an aromatic ring is 1. The van der Waals surface area contributed by atoms with E-state index >= 15 is 0 Å². The first kappa shape index (κ1) is 8.74. The lowest BCUT2D eigenvalue weighted by Gasteiger charge is -2.26. The normalized spacial score (nSPS) is 15.6. The Hall–Kier alpha value is -1.84. The van der Waals surface area contributed by atoms with E-state index in [0.717, 1.165) is 0 Å². The highest BCUT2D eigenvalue weighted by atomic mass is 16.2. The molecule has 14 heavy (non-hydrogen) atoms. The molecule has 0 atom stereocenters. The van der Waals surface area contributed by atoms with Crippen LogP contribution in [0.1, 0.15) is 15.9 Å². The minimum Gasteiger partial charge on any atom is -0.398 e. The zero-order valence-electron chi connectivity index (χ0n) is 7.87. The van der Waals surface area contributed by atoms with Crippen LogP contribution in [-0.4, -0.2) is 30.1 Å². The molecule has 1 aromatic carbocycles. The number of hydrogen-bond acceptors (Lipinski definition) is 3. The maximum Gasteiger partial charge on any atom is 0.254 e. The molecule has 4 heteroatoms. The van der Waals surface area contributed by atoms with Crippen LogP contribution in [0.15, 0.2) is 18.2 Å². The van der Waals surface area contributed by atoms with Gasteiger partial charge >= 0.3 is 0 Å². The second kappa shape index (κ2) is 2.83. The van der Waals surface area contributed by atoms with Gasteiger partial charge in [-0.1, -0.05) is 6.07 Å². The standard InChI is InChI=1S/C10H11N3O/c1-13-5-8(12)9-6(10(13)14)3-2-4-7(9)11/h2-4,12H,5,11H2,1H3. The van der Waals surface area contributed by atoms with Crippen molar-refractivity contribution in [3.63, 3.8) is 0 Å². The van der Waals surface area contributed by atoms with E-state index in [-0.39, 0.29) is 5.91 Å². The number of carbonyl (C=O) groups is 1. The number of benzene rings is 1. The molecule has 1 heterocycles. The van der Waals surface area contributed by atoms with E-state index in [9.17, 15) is 4.79 Å². The van der Waals surface area contributed by atoms with Crippen LogP contribution in [0, 0.1) is 5.41 Å². The molecule has 1 aromatic rings. The van der Waals surface area contributed by atoms with E-state index in [1.165, 1.54) is 4.90 Å². The van der Waals surface area contributed by atoms with E-state index in [4.69, 9.17) is 11.1 Å². The highest BCUT2D eigenvalue weighted by Crippen LogP contribution is 2.22. The van der Waals surface area contributed by atoms with Gasteiger partial charge in [-0.05, 0) is 12.1 Å². The molecule has 0 fully saturated rings. The van der Waals surface area contributed by atoms with Crippen LogP contribution in [0.4, 0.5) is 5.69 Å². The largest absolute Gasteiger partial charge is 0.398 e. The Labute approximate surface area is 81.8 Å². The summed E-state index contributed by atoms with van der Waals surface area (Å²) in [6.45, 7) is 0.333. The molecule has 72 valence electrons. The Morgan fingerprint density at radius 2 is 2.21 bits per heavy atom. The van der Waals surface area contributed by atoms with Crippen molar-refractivity contribution < 1.29 is 4.79 Å². The van der Waals surface area contributed by atoms with E-state index in [0.29, 0.717) is 29.1 Å². The number of carbonyl (C=O) groups excluding carboxylic acids is 1. The number of rotatable bonds is 0. The lowest BCUT2D eigenvalue weighted by atomic mass is 9.96. The Morgan fingerprint density at radius 1 is 1.50 bits per heavy atom. The number of hydrogen-bond donors (Lipinski definition) is 2. The smallest absolute Gasteiger partial charge is 0.254 e.